The van der Waals surface area contributed by atoms with Crippen LogP contribution in [0.2, 0.25) is 0 Å². The summed E-state index contributed by atoms with van der Waals surface area (Å²) >= 11 is 0. The molecule has 1 aliphatic rings. The molecule has 11 rings (SSSR count). The van der Waals surface area contributed by atoms with E-state index in [1.807, 2.05) is 179 Å². The highest BCUT2D eigenvalue weighted by Gasteiger charge is 2.49. The highest BCUT2D eigenvalue weighted by atomic mass is 31.2. The summed E-state index contributed by atoms with van der Waals surface area (Å²) in [4.78, 5) is 14.8. The monoisotopic (exact) mass is 779 g/mol. The van der Waals surface area contributed by atoms with Crippen LogP contribution in [-0.2, 0) is 4.57 Å². The second-order valence-corrected chi connectivity index (χ2v) is 16.8. The Labute approximate surface area is 341 Å². The van der Waals surface area contributed by atoms with Gasteiger partial charge in [-0.3, -0.25) is 13.9 Å². The molecule has 0 saturated carbocycles. The van der Waals surface area contributed by atoms with Crippen LogP contribution in [0, 0.1) is 0 Å². The first-order valence-corrected chi connectivity index (χ1v) is 21.1. The molecule has 1 unspecified atom stereocenters. The quantitative estimate of drug-likeness (QED) is 0.149. The third-order valence-corrected chi connectivity index (χ3v) is 13.8. The van der Waals surface area contributed by atoms with Crippen molar-refractivity contribution in [1.82, 2.24) is 15.0 Å². The lowest BCUT2D eigenvalue weighted by atomic mass is 10.0. The van der Waals surface area contributed by atoms with Gasteiger partial charge in [-0.05, 0) is 90.0 Å². The van der Waals surface area contributed by atoms with Crippen LogP contribution in [0.5, 0.6) is 0 Å². The Kier molecular flexibility index (Phi) is 8.28. The third kappa shape index (κ3) is 5.91. The Morgan fingerprint density at radius 2 is 0.780 bits per heavy atom. The van der Waals surface area contributed by atoms with Gasteiger partial charge in [0.15, 0.2) is 17.5 Å². The zero-order valence-corrected chi connectivity index (χ0v) is 32.5. The molecule has 10 aromatic rings. The molecule has 1 aliphatic heterocycles. The first kappa shape index (κ1) is 34.6. The summed E-state index contributed by atoms with van der Waals surface area (Å²) in [6.45, 7) is 0. The molecule has 0 bridgehead atoms. The lowest BCUT2D eigenvalue weighted by molar-refractivity contribution is 0.582. The second kappa shape index (κ2) is 14.1. The van der Waals surface area contributed by atoms with Crippen molar-refractivity contribution in [3.63, 3.8) is 0 Å². The van der Waals surface area contributed by atoms with E-state index in [1.54, 1.807) is 0 Å². The van der Waals surface area contributed by atoms with Crippen molar-refractivity contribution in [3.8, 4) is 45.3 Å². The first-order chi connectivity index (χ1) is 29.1. The fourth-order valence-electron chi connectivity index (χ4n) is 8.05. The molecule has 0 amide bonds. The summed E-state index contributed by atoms with van der Waals surface area (Å²) in [5.74, 6) is 1.80. The van der Waals surface area contributed by atoms with Gasteiger partial charge in [0, 0.05) is 38.8 Å². The van der Waals surface area contributed by atoms with E-state index in [2.05, 4.69) is 36.4 Å². The topological polar surface area (TPSA) is 75.4 Å². The van der Waals surface area contributed by atoms with Crippen LogP contribution in [0.15, 0.2) is 211 Å². The van der Waals surface area contributed by atoms with E-state index < -0.39 is 7.44 Å². The maximum Gasteiger partial charge on any atom is 0.301 e. The van der Waals surface area contributed by atoms with E-state index in [0.29, 0.717) is 17.5 Å². The molecule has 8 heteroatoms. The number of hydrogen-bond acceptors (Lipinski definition) is 5. The Hall–Kier alpha value is -7.60. The van der Waals surface area contributed by atoms with E-state index in [1.165, 1.54) is 0 Å². The molecule has 0 N–H and O–H groups in total. The van der Waals surface area contributed by atoms with Crippen molar-refractivity contribution in [1.29, 1.82) is 0 Å². The van der Waals surface area contributed by atoms with Crippen LogP contribution in [0.4, 0.5) is 22.7 Å². The van der Waals surface area contributed by atoms with Crippen LogP contribution >= 0.6 is 7.44 Å². The van der Waals surface area contributed by atoms with Gasteiger partial charge in [-0.15, -0.1) is 0 Å². The molecular formula is C51H34N5O2P. The molecule has 0 radical (unpaired) electrons. The number of hydrogen-bond donors (Lipinski definition) is 0. The predicted molar refractivity (Wildman–Crippen MR) is 240 cm³/mol. The molecule has 0 saturated heterocycles. The predicted octanol–water partition coefficient (Wildman–Crippen LogP) is 13.2. The number of nitrogens with zero attached hydrogens (tertiary/aromatic N) is 5. The molecule has 0 fully saturated rings. The molecule has 59 heavy (non-hydrogen) atoms. The Balaban J connectivity index is 1.06. The number of benzene rings is 8. The fraction of sp³-hybridized carbons (Fsp3) is 0. The SMILES string of the molecule is O=P1(c2ccccc2)N(c2ccccc2)c2ccc(-c3ccc4oc5ccc(-c6nc(-c7ccccc7)nc(-c7ccccc7)n6)cc5c4c3)cc2N1c1ccccc1. The maximum absolute atomic E-state index is 16.0. The van der Waals surface area contributed by atoms with Crippen LogP contribution in [0.1, 0.15) is 0 Å². The van der Waals surface area contributed by atoms with Gasteiger partial charge in [-0.25, -0.2) is 15.0 Å². The summed E-state index contributed by atoms with van der Waals surface area (Å²) < 4.78 is 26.5. The van der Waals surface area contributed by atoms with Crippen LogP contribution < -0.4 is 14.6 Å². The van der Waals surface area contributed by atoms with Gasteiger partial charge in [0.05, 0.1) is 16.7 Å². The Bertz CT molecular complexity index is 3140. The second-order valence-electron chi connectivity index (χ2n) is 14.4. The molecule has 1 atom stereocenters. The average Bonchev–Trinajstić information content (AvgIpc) is 3.81. The number of furan rings is 1. The van der Waals surface area contributed by atoms with E-state index in [0.717, 1.165) is 77.8 Å². The number of anilines is 4. The summed E-state index contributed by atoms with van der Waals surface area (Å²) in [7, 11) is -3.49. The minimum Gasteiger partial charge on any atom is -0.456 e. The molecule has 2 aromatic heterocycles. The molecule has 7 nitrogen and oxygen atoms in total. The minimum atomic E-state index is -3.49. The van der Waals surface area contributed by atoms with Gasteiger partial charge in [0.1, 0.15) is 11.2 Å². The van der Waals surface area contributed by atoms with E-state index in [4.69, 9.17) is 19.4 Å². The van der Waals surface area contributed by atoms with Crippen LogP contribution in [0.3, 0.4) is 0 Å². The van der Waals surface area contributed by atoms with Crippen molar-refractivity contribution < 1.29 is 8.98 Å². The van der Waals surface area contributed by atoms with Crippen molar-refractivity contribution >= 4 is 57.4 Å². The van der Waals surface area contributed by atoms with Gasteiger partial charge >= 0.3 is 7.44 Å². The van der Waals surface area contributed by atoms with Gasteiger partial charge in [-0.1, -0.05) is 127 Å². The van der Waals surface area contributed by atoms with E-state index >= 15 is 4.57 Å². The van der Waals surface area contributed by atoms with Gasteiger partial charge < -0.3 is 4.42 Å². The molecular weight excluding hydrogens is 746 g/mol. The Morgan fingerprint density at radius 3 is 1.32 bits per heavy atom. The molecule has 0 aliphatic carbocycles. The number of fused-ring (bicyclic) bond motifs is 4. The Morgan fingerprint density at radius 1 is 0.373 bits per heavy atom. The fourth-order valence-corrected chi connectivity index (χ4v) is 11.1. The van der Waals surface area contributed by atoms with Crippen molar-refractivity contribution in [2.45, 2.75) is 0 Å². The number of aromatic nitrogens is 3. The van der Waals surface area contributed by atoms with E-state index in [-0.39, 0.29) is 0 Å². The van der Waals surface area contributed by atoms with Crippen molar-refractivity contribution in [2.24, 2.45) is 0 Å². The van der Waals surface area contributed by atoms with Crippen LogP contribution in [0.25, 0.3) is 67.2 Å². The first-order valence-electron chi connectivity index (χ1n) is 19.5. The zero-order chi connectivity index (χ0) is 39.3. The number of para-hydroxylation sites is 2. The molecule has 8 aromatic carbocycles. The van der Waals surface area contributed by atoms with Crippen LogP contribution in [-0.4, -0.2) is 15.0 Å². The summed E-state index contributed by atoms with van der Waals surface area (Å²) in [6, 6.07) is 68.6. The summed E-state index contributed by atoms with van der Waals surface area (Å²) in [6.07, 6.45) is 0. The van der Waals surface area contributed by atoms with Gasteiger partial charge in [0.25, 0.3) is 0 Å². The maximum atomic E-state index is 16.0. The standard InChI is InChI=1S/C51H34N5O2P/c57-59(42-24-14-5-15-25-42)55(40-20-10-3-11-21-40)45-29-26-38(34-46(45)56(59)41-22-12-4-13-23-41)37-27-30-47-43(32-37)44-33-39(28-31-48(44)58-47)51-53-49(35-16-6-1-7-17-35)52-50(54-51)36-18-8-2-9-19-36/h1-34H. The minimum absolute atomic E-state index is 0.579. The highest BCUT2D eigenvalue weighted by Crippen LogP contribution is 2.70. The largest absolute Gasteiger partial charge is 0.456 e. The third-order valence-electron chi connectivity index (χ3n) is 10.8. The number of rotatable bonds is 7. The van der Waals surface area contributed by atoms with Gasteiger partial charge in [0.2, 0.25) is 0 Å². The average molecular weight is 780 g/mol. The highest BCUT2D eigenvalue weighted by molar-refractivity contribution is 7.76. The van der Waals surface area contributed by atoms with E-state index in [9.17, 15) is 0 Å². The smallest absolute Gasteiger partial charge is 0.301 e. The molecule has 0 spiro atoms. The lowest BCUT2D eigenvalue weighted by Crippen LogP contribution is -2.26. The van der Waals surface area contributed by atoms with Crippen molar-refractivity contribution in [3.05, 3.63) is 206 Å². The molecule has 280 valence electrons. The normalized spacial score (nSPS) is 14.8. The molecule has 3 heterocycles. The summed E-state index contributed by atoms with van der Waals surface area (Å²) in [5, 5.41) is 2.68. The van der Waals surface area contributed by atoms with Gasteiger partial charge in [-0.2, -0.15) is 0 Å². The lowest BCUT2D eigenvalue weighted by Gasteiger charge is -2.33. The van der Waals surface area contributed by atoms with Crippen molar-refractivity contribution in [2.75, 3.05) is 9.34 Å². The summed E-state index contributed by atoms with van der Waals surface area (Å²) in [5.41, 5.74) is 9.69. The zero-order valence-electron chi connectivity index (χ0n) is 31.6.